The number of carbonyl (C=O) groups excluding carboxylic acids is 1. The molecule has 9 heteroatoms. The second kappa shape index (κ2) is 7.65. The molecule has 2 heterocycles. The number of fused-ring (bicyclic) bond motifs is 2. The highest BCUT2D eigenvalue weighted by atomic mass is 16.6. The molecule has 0 radical (unpaired) electrons. The average Bonchev–Trinajstić information content (AvgIpc) is 2.83. The van der Waals surface area contributed by atoms with E-state index in [0.29, 0.717) is 21.2 Å². The second-order valence-corrected chi connectivity index (χ2v) is 7.19. The summed E-state index contributed by atoms with van der Waals surface area (Å²) in [6.07, 6.45) is 0. The van der Waals surface area contributed by atoms with E-state index in [2.05, 4.69) is 4.98 Å². The Morgan fingerprint density at radius 1 is 0.909 bits per heavy atom. The highest BCUT2D eigenvalue weighted by Crippen LogP contribution is 2.26. The van der Waals surface area contributed by atoms with E-state index in [1.54, 1.807) is 30.3 Å². The Morgan fingerprint density at radius 3 is 2.39 bits per heavy atom. The van der Waals surface area contributed by atoms with E-state index in [1.807, 2.05) is 30.3 Å². The molecule has 2 aromatic heterocycles. The van der Waals surface area contributed by atoms with Crippen molar-refractivity contribution in [3.63, 3.8) is 0 Å². The molecule has 0 aliphatic heterocycles. The molecule has 0 saturated carbocycles. The number of nitro benzene ring substituents is 1. The van der Waals surface area contributed by atoms with Crippen LogP contribution >= 0.6 is 0 Å². The van der Waals surface area contributed by atoms with E-state index >= 15 is 0 Å². The monoisotopic (exact) mass is 439 g/mol. The SMILES string of the molecule is O=C(c1cc(-c2ccccc2)nc2ccccc12)n1c(=O)oc(=O)c2cc([N+](=O)[O-])ccc21. The van der Waals surface area contributed by atoms with Crippen molar-refractivity contribution in [2.45, 2.75) is 0 Å². The van der Waals surface area contributed by atoms with Crippen molar-refractivity contribution in [1.29, 1.82) is 0 Å². The Balaban J connectivity index is 1.80. The van der Waals surface area contributed by atoms with Crippen LogP contribution in [0.4, 0.5) is 5.69 Å². The topological polar surface area (TPSA) is 125 Å². The minimum atomic E-state index is -1.19. The quantitative estimate of drug-likeness (QED) is 0.309. The molecule has 160 valence electrons. The zero-order valence-electron chi connectivity index (χ0n) is 16.8. The fourth-order valence-electron chi connectivity index (χ4n) is 3.70. The molecule has 0 saturated heterocycles. The lowest BCUT2D eigenvalue weighted by Gasteiger charge is -2.11. The molecule has 3 aromatic carbocycles. The molecule has 0 aliphatic carbocycles. The lowest BCUT2D eigenvalue weighted by molar-refractivity contribution is -0.384. The predicted molar refractivity (Wildman–Crippen MR) is 120 cm³/mol. The number of para-hydroxylation sites is 1. The summed E-state index contributed by atoms with van der Waals surface area (Å²) in [6, 6.07) is 21.0. The van der Waals surface area contributed by atoms with Gasteiger partial charge in [0.2, 0.25) is 0 Å². The van der Waals surface area contributed by atoms with Crippen molar-refractivity contribution in [1.82, 2.24) is 9.55 Å². The van der Waals surface area contributed by atoms with Crippen LogP contribution in [0.3, 0.4) is 0 Å². The first kappa shape index (κ1) is 20.0. The number of non-ortho nitro benzene ring substituents is 1. The number of hydrogen-bond donors (Lipinski definition) is 0. The lowest BCUT2D eigenvalue weighted by atomic mass is 10.0. The largest absolute Gasteiger partial charge is 0.429 e. The van der Waals surface area contributed by atoms with Crippen molar-refractivity contribution in [3.8, 4) is 11.3 Å². The van der Waals surface area contributed by atoms with Gasteiger partial charge in [-0.15, -0.1) is 0 Å². The number of aromatic nitrogens is 2. The average molecular weight is 439 g/mol. The van der Waals surface area contributed by atoms with Gasteiger partial charge in [0.25, 0.3) is 11.6 Å². The van der Waals surface area contributed by atoms with Gasteiger partial charge in [0.05, 0.1) is 32.6 Å². The predicted octanol–water partition coefficient (Wildman–Crippen LogP) is 3.77. The van der Waals surface area contributed by atoms with Gasteiger partial charge in [-0.1, -0.05) is 48.5 Å². The maximum atomic E-state index is 13.6. The molecular weight excluding hydrogens is 426 g/mol. The minimum Gasteiger partial charge on any atom is -0.372 e. The van der Waals surface area contributed by atoms with E-state index in [9.17, 15) is 24.5 Å². The maximum Gasteiger partial charge on any atom is 0.429 e. The molecule has 0 bridgehead atoms. The first-order chi connectivity index (χ1) is 15.9. The maximum absolute atomic E-state index is 13.6. The van der Waals surface area contributed by atoms with Gasteiger partial charge in [0, 0.05) is 23.1 Å². The summed E-state index contributed by atoms with van der Waals surface area (Å²) in [7, 11) is 0. The number of nitro groups is 1. The van der Waals surface area contributed by atoms with Crippen LogP contribution in [0.25, 0.3) is 33.1 Å². The van der Waals surface area contributed by atoms with Crippen LogP contribution in [0.5, 0.6) is 0 Å². The molecular formula is C24H13N3O6. The normalized spacial score (nSPS) is 11.0. The van der Waals surface area contributed by atoms with Gasteiger partial charge >= 0.3 is 11.4 Å². The first-order valence-electron chi connectivity index (χ1n) is 9.78. The van der Waals surface area contributed by atoms with Crippen LogP contribution in [-0.4, -0.2) is 20.4 Å². The Labute approximate surface area is 184 Å². The van der Waals surface area contributed by atoms with Crippen molar-refractivity contribution in [3.05, 3.63) is 116 Å². The van der Waals surface area contributed by atoms with Gasteiger partial charge < -0.3 is 4.42 Å². The van der Waals surface area contributed by atoms with Gasteiger partial charge in [-0.25, -0.2) is 19.1 Å². The zero-order valence-corrected chi connectivity index (χ0v) is 16.8. The summed E-state index contributed by atoms with van der Waals surface area (Å²) >= 11 is 0. The molecule has 0 atom stereocenters. The molecule has 0 N–H and O–H groups in total. The number of benzene rings is 3. The van der Waals surface area contributed by atoms with Gasteiger partial charge in [-0.2, -0.15) is 0 Å². The molecule has 33 heavy (non-hydrogen) atoms. The highest BCUT2D eigenvalue weighted by Gasteiger charge is 2.22. The Hall–Kier alpha value is -4.92. The third-order valence-electron chi connectivity index (χ3n) is 5.23. The number of pyridine rings is 1. The number of nitrogens with zero attached hydrogens (tertiary/aromatic N) is 3. The standard InChI is InChI=1S/C24H13N3O6/c28-22(26-21-11-10-15(27(31)32)12-18(21)23(29)33-24(26)30)17-13-20(14-6-2-1-3-7-14)25-19-9-5-4-8-16(17)19/h1-13H. The Kier molecular flexibility index (Phi) is 4.64. The summed E-state index contributed by atoms with van der Waals surface area (Å²) in [4.78, 5) is 53.5. The number of rotatable bonds is 3. The van der Waals surface area contributed by atoms with E-state index in [1.165, 1.54) is 6.07 Å². The van der Waals surface area contributed by atoms with Crippen LogP contribution in [0.1, 0.15) is 10.4 Å². The molecule has 5 aromatic rings. The second-order valence-electron chi connectivity index (χ2n) is 7.19. The van der Waals surface area contributed by atoms with Gasteiger partial charge in [0.15, 0.2) is 0 Å². The molecule has 0 spiro atoms. The fraction of sp³-hybridized carbons (Fsp3) is 0. The number of hydrogen-bond acceptors (Lipinski definition) is 7. The molecule has 0 amide bonds. The van der Waals surface area contributed by atoms with Crippen LogP contribution in [0.15, 0.2) is 92.9 Å². The van der Waals surface area contributed by atoms with E-state index in [-0.39, 0.29) is 22.2 Å². The summed E-state index contributed by atoms with van der Waals surface area (Å²) in [6.45, 7) is 0. The van der Waals surface area contributed by atoms with Gasteiger partial charge in [0.1, 0.15) is 0 Å². The van der Waals surface area contributed by atoms with Crippen molar-refractivity contribution >= 4 is 33.4 Å². The number of carbonyl (C=O) groups is 1. The van der Waals surface area contributed by atoms with Crippen LogP contribution in [-0.2, 0) is 0 Å². The van der Waals surface area contributed by atoms with E-state index in [4.69, 9.17) is 4.42 Å². The van der Waals surface area contributed by atoms with Crippen LogP contribution in [0.2, 0.25) is 0 Å². The first-order valence-corrected chi connectivity index (χ1v) is 9.78. The smallest absolute Gasteiger partial charge is 0.372 e. The van der Waals surface area contributed by atoms with Gasteiger partial charge in [-0.3, -0.25) is 14.9 Å². The molecule has 9 nitrogen and oxygen atoms in total. The van der Waals surface area contributed by atoms with Gasteiger partial charge in [-0.05, 0) is 18.2 Å². The summed E-state index contributed by atoms with van der Waals surface area (Å²) < 4.78 is 5.42. The van der Waals surface area contributed by atoms with E-state index < -0.39 is 22.2 Å². The lowest BCUT2D eigenvalue weighted by Crippen LogP contribution is -2.31. The summed E-state index contributed by atoms with van der Waals surface area (Å²) in [5.41, 5.74) is 0.463. The van der Waals surface area contributed by atoms with Crippen LogP contribution < -0.4 is 11.4 Å². The molecule has 0 fully saturated rings. The van der Waals surface area contributed by atoms with E-state index in [0.717, 1.165) is 17.7 Å². The molecule has 5 rings (SSSR count). The fourth-order valence-corrected chi connectivity index (χ4v) is 3.70. The Morgan fingerprint density at radius 2 is 1.64 bits per heavy atom. The van der Waals surface area contributed by atoms with Crippen molar-refractivity contribution in [2.75, 3.05) is 0 Å². The van der Waals surface area contributed by atoms with Crippen molar-refractivity contribution in [2.24, 2.45) is 0 Å². The third-order valence-corrected chi connectivity index (χ3v) is 5.23. The molecule has 0 unspecified atom stereocenters. The third kappa shape index (κ3) is 3.37. The highest BCUT2D eigenvalue weighted by molar-refractivity contribution is 6.10. The minimum absolute atomic E-state index is 0.0889. The van der Waals surface area contributed by atoms with Crippen LogP contribution in [0, 0.1) is 10.1 Å². The summed E-state index contributed by atoms with van der Waals surface area (Å²) in [5, 5.41) is 11.4. The summed E-state index contributed by atoms with van der Waals surface area (Å²) in [5.74, 6) is -1.94. The molecule has 0 aliphatic rings. The Bertz CT molecular complexity index is 1700. The zero-order chi connectivity index (χ0) is 23.1. The van der Waals surface area contributed by atoms with Crippen molar-refractivity contribution < 1.29 is 14.1 Å².